The van der Waals surface area contributed by atoms with Gasteiger partial charge in [0.25, 0.3) is 0 Å². The second kappa shape index (κ2) is 10.6. The Morgan fingerprint density at radius 2 is 1.88 bits per heavy atom. The molecule has 0 atom stereocenters. The molecular weight excluding hydrogens is 476 g/mol. The zero-order chi connectivity index (χ0) is 24.1. The van der Waals surface area contributed by atoms with Gasteiger partial charge < -0.3 is 14.8 Å². The standard InChI is InChI=1S/C22H22N6O4S2/c1-4-31-15-8-6-14(7-9-15)20-26-25-16-10-11-18(27-28(16)20)33-12-17(29)24-22-23-13(3)19(34-22)21(30)32-5-2/h6-11H,4-5,12H2,1-3H3,(H,23,24,29). The molecule has 0 saturated heterocycles. The molecule has 0 saturated carbocycles. The molecule has 0 unspecified atom stereocenters. The number of amides is 1. The topological polar surface area (TPSA) is 121 Å². The molecule has 0 fully saturated rings. The van der Waals surface area contributed by atoms with E-state index in [1.165, 1.54) is 11.8 Å². The molecule has 0 aliphatic heterocycles. The van der Waals surface area contributed by atoms with E-state index in [-0.39, 0.29) is 18.3 Å². The Hall–Kier alpha value is -3.51. The molecule has 4 aromatic rings. The number of thioether (sulfide) groups is 1. The third kappa shape index (κ3) is 5.34. The number of fused-ring (bicyclic) bond motifs is 1. The number of benzene rings is 1. The number of anilines is 1. The zero-order valence-corrected chi connectivity index (χ0v) is 20.4. The number of ether oxygens (including phenoxy) is 2. The number of nitrogens with one attached hydrogen (secondary N) is 1. The van der Waals surface area contributed by atoms with Crippen LogP contribution in [0.15, 0.2) is 41.4 Å². The molecule has 1 amide bonds. The summed E-state index contributed by atoms with van der Waals surface area (Å²) in [4.78, 5) is 29.0. The first-order valence-electron chi connectivity index (χ1n) is 10.5. The van der Waals surface area contributed by atoms with Gasteiger partial charge in [-0.15, -0.1) is 10.2 Å². The Labute approximate surface area is 203 Å². The smallest absolute Gasteiger partial charge is 0.350 e. The van der Waals surface area contributed by atoms with Gasteiger partial charge in [-0.1, -0.05) is 23.1 Å². The van der Waals surface area contributed by atoms with E-state index in [4.69, 9.17) is 9.47 Å². The van der Waals surface area contributed by atoms with Crippen molar-refractivity contribution in [1.82, 2.24) is 24.8 Å². The SMILES string of the molecule is CCOC(=O)c1sc(NC(=O)CSc2ccc3nnc(-c4ccc(OCC)cc4)n3n2)nc1C. The molecule has 10 nitrogen and oxygen atoms in total. The molecular formula is C22H22N6O4S2. The minimum Gasteiger partial charge on any atom is -0.494 e. The van der Waals surface area contributed by atoms with Crippen molar-refractivity contribution in [2.45, 2.75) is 25.8 Å². The van der Waals surface area contributed by atoms with Crippen molar-refractivity contribution < 1.29 is 19.1 Å². The highest BCUT2D eigenvalue weighted by Gasteiger charge is 2.18. The zero-order valence-electron chi connectivity index (χ0n) is 18.8. The summed E-state index contributed by atoms with van der Waals surface area (Å²) in [7, 11) is 0. The van der Waals surface area contributed by atoms with Crippen LogP contribution < -0.4 is 10.1 Å². The van der Waals surface area contributed by atoms with Crippen LogP contribution in [0.2, 0.25) is 0 Å². The molecule has 0 aliphatic rings. The molecule has 1 N–H and O–H groups in total. The number of hydrogen-bond donors (Lipinski definition) is 1. The molecule has 0 radical (unpaired) electrons. The molecule has 3 aromatic heterocycles. The van der Waals surface area contributed by atoms with Crippen LogP contribution in [0.4, 0.5) is 5.13 Å². The van der Waals surface area contributed by atoms with Crippen LogP contribution in [0.3, 0.4) is 0 Å². The molecule has 0 bridgehead atoms. The number of carbonyl (C=O) groups excluding carboxylic acids is 2. The summed E-state index contributed by atoms with van der Waals surface area (Å²) in [5.41, 5.74) is 1.97. The first kappa shape index (κ1) is 23.6. The summed E-state index contributed by atoms with van der Waals surface area (Å²) in [6, 6.07) is 11.1. The number of thiazole rings is 1. The Balaban J connectivity index is 1.43. The number of hydrogen-bond acceptors (Lipinski definition) is 10. The summed E-state index contributed by atoms with van der Waals surface area (Å²) in [6.45, 7) is 6.24. The quantitative estimate of drug-likeness (QED) is 0.271. The van der Waals surface area contributed by atoms with Gasteiger partial charge in [-0.25, -0.2) is 9.78 Å². The number of aromatic nitrogens is 5. The lowest BCUT2D eigenvalue weighted by atomic mass is 10.2. The van der Waals surface area contributed by atoms with E-state index >= 15 is 0 Å². The lowest BCUT2D eigenvalue weighted by Crippen LogP contribution is -2.14. The second-order valence-corrected chi connectivity index (χ2v) is 8.91. The molecule has 0 aliphatic carbocycles. The number of esters is 1. The fraction of sp³-hybridized carbons (Fsp3) is 0.273. The largest absolute Gasteiger partial charge is 0.494 e. The van der Waals surface area contributed by atoms with Crippen molar-refractivity contribution in [3.63, 3.8) is 0 Å². The first-order chi connectivity index (χ1) is 16.5. The summed E-state index contributed by atoms with van der Waals surface area (Å²) < 4.78 is 12.1. The monoisotopic (exact) mass is 498 g/mol. The highest BCUT2D eigenvalue weighted by Crippen LogP contribution is 2.25. The number of aryl methyl sites for hydroxylation is 1. The van der Waals surface area contributed by atoms with E-state index in [1.54, 1.807) is 30.5 Å². The van der Waals surface area contributed by atoms with E-state index in [0.717, 1.165) is 22.6 Å². The van der Waals surface area contributed by atoms with Gasteiger partial charge in [-0.3, -0.25) is 4.79 Å². The number of nitrogens with zero attached hydrogens (tertiary/aromatic N) is 5. The third-order valence-electron chi connectivity index (χ3n) is 4.52. The fourth-order valence-corrected chi connectivity index (χ4v) is 4.56. The molecule has 4 rings (SSSR count). The van der Waals surface area contributed by atoms with Gasteiger partial charge in [0.1, 0.15) is 15.7 Å². The average Bonchev–Trinajstić information content (AvgIpc) is 3.41. The Morgan fingerprint density at radius 1 is 1.09 bits per heavy atom. The highest BCUT2D eigenvalue weighted by molar-refractivity contribution is 7.99. The van der Waals surface area contributed by atoms with E-state index < -0.39 is 5.97 Å². The van der Waals surface area contributed by atoms with Crippen molar-refractivity contribution in [2.24, 2.45) is 0 Å². The van der Waals surface area contributed by atoms with Crippen molar-refractivity contribution in [3.8, 4) is 17.1 Å². The maximum absolute atomic E-state index is 12.4. The summed E-state index contributed by atoms with van der Waals surface area (Å²) in [6.07, 6.45) is 0. The lowest BCUT2D eigenvalue weighted by Gasteiger charge is -2.05. The number of rotatable bonds is 9. The highest BCUT2D eigenvalue weighted by atomic mass is 32.2. The molecule has 3 heterocycles. The first-order valence-corrected chi connectivity index (χ1v) is 12.3. The maximum atomic E-state index is 12.4. The molecule has 0 spiro atoms. The van der Waals surface area contributed by atoms with Gasteiger partial charge in [0, 0.05) is 5.56 Å². The molecule has 176 valence electrons. The predicted octanol–water partition coefficient (Wildman–Crippen LogP) is 3.86. The van der Waals surface area contributed by atoms with Crippen LogP contribution in [0.5, 0.6) is 5.75 Å². The van der Waals surface area contributed by atoms with Crippen LogP contribution >= 0.6 is 23.1 Å². The summed E-state index contributed by atoms with van der Waals surface area (Å²) >= 11 is 2.36. The maximum Gasteiger partial charge on any atom is 0.350 e. The minimum atomic E-state index is -0.442. The van der Waals surface area contributed by atoms with Gasteiger partial charge in [0.2, 0.25) is 5.91 Å². The van der Waals surface area contributed by atoms with Gasteiger partial charge in [0.05, 0.1) is 24.7 Å². The van der Waals surface area contributed by atoms with Crippen LogP contribution in [0, 0.1) is 6.92 Å². The fourth-order valence-electron chi connectivity index (χ4n) is 3.03. The molecule has 12 heteroatoms. The third-order valence-corrected chi connectivity index (χ3v) is 6.49. The van der Waals surface area contributed by atoms with Gasteiger partial charge in [-0.05, 0) is 57.2 Å². The normalized spacial score (nSPS) is 10.9. The van der Waals surface area contributed by atoms with E-state index in [9.17, 15) is 9.59 Å². The van der Waals surface area contributed by atoms with Crippen molar-refractivity contribution in [1.29, 1.82) is 0 Å². The van der Waals surface area contributed by atoms with E-state index in [2.05, 4.69) is 25.6 Å². The Kier molecular flexibility index (Phi) is 7.38. The van der Waals surface area contributed by atoms with E-state index in [0.29, 0.717) is 38.8 Å². The van der Waals surface area contributed by atoms with Crippen LogP contribution in [-0.2, 0) is 9.53 Å². The summed E-state index contributed by atoms with van der Waals surface area (Å²) in [5, 5.41) is 16.7. The van der Waals surface area contributed by atoms with Crippen LogP contribution in [0.1, 0.15) is 29.2 Å². The van der Waals surface area contributed by atoms with Crippen molar-refractivity contribution in [3.05, 3.63) is 47.0 Å². The molecule has 34 heavy (non-hydrogen) atoms. The van der Waals surface area contributed by atoms with Crippen molar-refractivity contribution in [2.75, 3.05) is 24.3 Å². The Bertz CT molecular complexity index is 1320. The van der Waals surface area contributed by atoms with Crippen LogP contribution in [-0.4, -0.2) is 55.6 Å². The van der Waals surface area contributed by atoms with Crippen molar-refractivity contribution >= 4 is 45.8 Å². The van der Waals surface area contributed by atoms with Gasteiger partial charge >= 0.3 is 5.97 Å². The molecule has 1 aromatic carbocycles. The predicted molar refractivity (Wildman–Crippen MR) is 130 cm³/mol. The van der Waals surface area contributed by atoms with E-state index in [1.807, 2.05) is 31.2 Å². The minimum absolute atomic E-state index is 0.117. The number of carbonyl (C=O) groups is 2. The van der Waals surface area contributed by atoms with Crippen LogP contribution in [0.25, 0.3) is 17.0 Å². The second-order valence-electron chi connectivity index (χ2n) is 6.91. The van der Waals surface area contributed by atoms with Gasteiger partial charge in [0.15, 0.2) is 16.6 Å². The summed E-state index contributed by atoms with van der Waals surface area (Å²) in [5.74, 6) is 0.787. The van der Waals surface area contributed by atoms with Gasteiger partial charge in [-0.2, -0.15) is 9.61 Å². The lowest BCUT2D eigenvalue weighted by molar-refractivity contribution is -0.113. The average molecular weight is 499 g/mol. The Morgan fingerprint density at radius 3 is 2.62 bits per heavy atom.